The summed E-state index contributed by atoms with van der Waals surface area (Å²) in [6.45, 7) is 7.07. The van der Waals surface area contributed by atoms with Crippen molar-refractivity contribution in [3.05, 3.63) is 18.3 Å². The van der Waals surface area contributed by atoms with Crippen LogP contribution in [0.2, 0.25) is 0 Å². The van der Waals surface area contributed by atoms with Crippen molar-refractivity contribution in [3.63, 3.8) is 0 Å². The summed E-state index contributed by atoms with van der Waals surface area (Å²) in [4.78, 5) is 7.06. The van der Waals surface area contributed by atoms with E-state index in [-0.39, 0.29) is 0 Å². The highest BCUT2D eigenvalue weighted by atomic mass is 15.2. The molecule has 3 atom stereocenters. The number of anilines is 2. The summed E-state index contributed by atoms with van der Waals surface area (Å²) in [5.74, 6) is 2.77. The minimum atomic E-state index is 0.601. The molecule has 1 aromatic heterocycles. The van der Waals surface area contributed by atoms with Crippen molar-refractivity contribution < 1.29 is 0 Å². The van der Waals surface area contributed by atoms with Crippen molar-refractivity contribution in [3.8, 4) is 0 Å². The molecular weight excluding hydrogens is 246 g/mol. The predicted molar refractivity (Wildman–Crippen MR) is 85.3 cm³/mol. The Bertz CT molecular complexity index is 440. The van der Waals surface area contributed by atoms with Gasteiger partial charge in [-0.1, -0.05) is 20.3 Å². The van der Waals surface area contributed by atoms with Gasteiger partial charge in [0.05, 0.1) is 5.69 Å². The van der Waals surface area contributed by atoms with Crippen LogP contribution in [0.25, 0.3) is 0 Å². The quantitative estimate of drug-likeness (QED) is 0.904. The lowest BCUT2D eigenvalue weighted by Gasteiger charge is -2.35. The second kappa shape index (κ2) is 6.02. The summed E-state index contributed by atoms with van der Waals surface area (Å²) in [5, 5.41) is 3.80. The lowest BCUT2D eigenvalue weighted by molar-refractivity contribution is 0.280. The zero-order valence-corrected chi connectivity index (χ0v) is 12.8. The van der Waals surface area contributed by atoms with Crippen molar-refractivity contribution >= 4 is 11.5 Å². The maximum absolute atomic E-state index is 4.63. The summed E-state index contributed by atoms with van der Waals surface area (Å²) in [5.41, 5.74) is 1.24. The van der Waals surface area contributed by atoms with Gasteiger partial charge < -0.3 is 10.2 Å². The second-order valence-corrected chi connectivity index (χ2v) is 6.72. The third-order valence-corrected chi connectivity index (χ3v) is 4.99. The minimum Gasteiger partial charge on any atom is -0.379 e. The highest BCUT2D eigenvalue weighted by Gasteiger charge is 2.26. The first-order chi connectivity index (χ1) is 9.74. The average Bonchev–Trinajstić information content (AvgIpc) is 2.97. The Morgan fingerprint density at radius 3 is 2.80 bits per heavy atom. The highest BCUT2D eigenvalue weighted by Crippen LogP contribution is 2.33. The van der Waals surface area contributed by atoms with Gasteiger partial charge in [-0.05, 0) is 49.7 Å². The van der Waals surface area contributed by atoms with Gasteiger partial charge in [0.15, 0.2) is 5.82 Å². The number of hydrogen-bond donors (Lipinski definition) is 1. The van der Waals surface area contributed by atoms with Crippen molar-refractivity contribution in [2.24, 2.45) is 11.8 Å². The normalized spacial score (nSPS) is 30.5. The first-order valence-electron chi connectivity index (χ1n) is 8.20. The molecule has 0 radical (unpaired) electrons. The van der Waals surface area contributed by atoms with Gasteiger partial charge in [0.25, 0.3) is 0 Å². The van der Waals surface area contributed by atoms with E-state index < -0.39 is 0 Å². The molecule has 1 aliphatic heterocycles. The Hall–Kier alpha value is -1.25. The van der Waals surface area contributed by atoms with E-state index >= 15 is 0 Å². The van der Waals surface area contributed by atoms with Crippen molar-refractivity contribution in [2.75, 3.05) is 23.3 Å². The minimum absolute atomic E-state index is 0.601. The first kappa shape index (κ1) is 13.7. The molecule has 1 saturated heterocycles. The van der Waals surface area contributed by atoms with E-state index in [4.69, 9.17) is 0 Å². The van der Waals surface area contributed by atoms with Crippen LogP contribution in [0.1, 0.15) is 46.0 Å². The van der Waals surface area contributed by atoms with Crippen LogP contribution in [0, 0.1) is 11.8 Å². The molecule has 3 rings (SSSR count). The molecule has 1 N–H and O–H groups in total. The van der Waals surface area contributed by atoms with Crippen LogP contribution in [0.5, 0.6) is 0 Å². The average molecular weight is 273 g/mol. The number of hydrogen-bond acceptors (Lipinski definition) is 3. The van der Waals surface area contributed by atoms with Gasteiger partial charge in [0, 0.05) is 25.3 Å². The highest BCUT2D eigenvalue weighted by molar-refractivity contribution is 5.66. The van der Waals surface area contributed by atoms with E-state index in [0.29, 0.717) is 6.04 Å². The van der Waals surface area contributed by atoms with Crippen LogP contribution in [-0.2, 0) is 0 Å². The van der Waals surface area contributed by atoms with Gasteiger partial charge in [-0.3, -0.25) is 0 Å². The number of nitrogens with zero attached hydrogens (tertiary/aromatic N) is 2. The number of nitrogens with one attached hydrogen (secondary N) is 1. The first-order valence-corrected chi connectivity index (χ1v) is 8.20. The molecule has 0 amide bonds. The molecule has 0 bridgehead atoms. The van der Waals surface area contributed by atoms with Crippen LogP contribution >= 0.6 is 0 Å². The van der Waals surface area contributed by atoms with E-state index in [1.54, 1.807) is 0 Å². The predicted octanol–water partition coefficient (Wildman–Crippen LogP) is 3.92. The lowest BCUT2D eigenvalue weighted by Crippen LogP contribution is -2.34. The molecule has 0 spiro atoms. The monoisotopic (exact) mass is 273 g/mol. The molecule has 2 heterocycles. The maximum Gasteiger partial charge on any atom is 0.151 e. The molecule has 110 valence electrons. The van der Waals surface area contributed by atoms with E-state index in [9.17, 15) is 0 Å². The van der Waals surface area contributed by atoms with Crippen molar-refractivity contribution in [2.45, 2.75) is 52.0 Å². The zero-order valence-electron chi connectivity index (χ0n) is 12.8. The van der Waals surface area contributed by atoms with E-state index in [2.05, 4.69) is 41.2 Å². The summed E-state index contributed by atoms with van der Waals surface area (Å²) in [6.07, 6.45) is 8.53. The van der Waals surface area contributed by atoms with Gasteiger partial charge in [0.2, 0.25) is 0 Å². The Labute approximate surface area is 122 Å². The molecule has 3 heteroatoms. The lowest BCUT2D eigenvalue weighted by atomic mass is 9.80. The fraction of sp³-hybridized carbons (Fsp3) is 0.706. The summed E-state index contributed by atoms with van der Waals surface area (Å²) >= 11 is 0. The Balaban J connectivity index is 1.76. The molecule has 3 unspecified atom stereocenters. The third kappa shape index (κ3) is 2.92. The van der Waals surface area contributed by atoms with Crippen LogP contribution in [-0.4, -0.2) is 24.1 Å². The smallest absolute Gasteiger partial charge is 0.151 e. The van der Waals surface area contributed by atoms with Crippen molar-refractivity contribution in [1.82, 2.24) is 4.98 Å². The van der Waals surface area contributed by atoms with Gasteiger partial charge in [-0.2, -0.15) is 0 Å². The fourth-order valence-corrected chi connectivity index (χ4v) is 3.62. The van der Waals surface area contributed by atoms with Crippen LogP contribution < -0.4 is 10.2 Å². The summed E-state index contributed by atoms with van der Waals surface area (Å²) in [6, 6.07) is 4.86. The Kier molecular flexibility index (Phi) is 4.13. The SMILES string of the molecule is CC1CCC(C)C(Nc2cccnc2N2CCCC2)C1. The van der Waals surface area contributed by atoms with Crippen LogP contribution in [0.4, 0.5) is 11.5 Å². The molecular formula is C17H27N3. The van der Waals surface area contributed by atoms with E-state index in [0.717, 1.165) is 30.7 Å². The van der Waals surface area contributed by atoms with Gasteiger partial charge in [-0.25, -0.2) is 4.98 Å². The number of rotatable bonds is 3. The molecule has 3 nitrogen and oxygen atoms in total. The second-order valence-electron chi connectivity index (χ2n) is 6.72. The van der Waals surface area contributed by atoms with Gasteiger partial charge in [0.1, 0.15) is 0 Å². The van der Waals surface area contributed by atoms with Crippen molar-refractivity contribution in [1.29, 1.82) is 0 Å². The molecule has 1 aliphatic carbocycles. The van der Waals surface area contributed by atoms with Gasteiger partial charge >= 0.3 is 0 Å². The number of aromatic nitrogens is 1. The van der Waals surface area contributed by atoms with Crippen LogP contribution in [0.3, 0.4) is 0 Å². The molecule has 1 saturated carbocycles. The standard InChI is InChI=1S/C17H27N3/c1-13-7-8-14(2)16(12-13)19-15-6-5-9-18-17(15)20-10-3-4-11-20/h5-6,9,13-14,16,19H,3-4,7-8,10-12H2,1-2H3. The molecule has 0 aromatic carbocycles. The van der Waals surface area contributed by atoms with E-state index in [1.807, 2.05) is 6.20 Å². The Morgan fingerprint density at radius 2 is 2.00 bits per heavy atom. The third-order valence-electron chi connectivity index (χ3n) is 4.99. The topological polar surface area (TPSA) is 28.2 Å². The fourth-order valence-electron chi connectivity index (χ4n) is 3.62. The van der Waals surface area contributed by atoms with E-state index in [1.165, 1.54) is 37.8 Å². The summed E-state index contributed by atoms with van der Waals surface area (Å²) in [7, 11) is 0. The maximum atomic E-state index is 4.63. The largest absolute Gasteiger partial charge is 0.379 e. The molecule has 20 heavy (non-hydrogen) atoms. The Morgan fingerprint density at radius 1 is 1.20 bits per heavy atom. The molecule has 1 aromatic rings. The summed E-state index contributed by atoms with van der Waals surface area (Å²) < 4.78 is 0. The zero-order chi connectivity index (χ0) is 13.9. The van der Waals surface area contributed by atoms with Crippen LogP contribution in [0.15, 0.2) is 18.3 Å². The molecule has 2 aliphatic rings. The molecule has 2 fully saturated rings. The van der Waals surface area contributed by atoms with Gasteiger partial charge in [-0.15, -0.1) is 0 Å². The number of pyridine rings is 1.